The third-order valence-corrected chi connectivity index (χ3v) is 4.54. The van der Waals surface area contributed by atoms with E-state index in [2.05, 4.69) is 0 Å². The van der Waals surface area contributed by atoms with Gasteiger partial charge >= 0.3 is 0 Å². The largest absolute Gasteiger partial charge is 0.397 e. The number of amides is 1. The minimum absolute atomic E-state index is 0.153. The number of thiophene rings is 1. The zero-order valence-corrected chi connectivity index (χ0v) is 11.5. The van der Waals surface area contributed by atoms with Crippen LogP contribution in [-0.4, -0.2) is 36.0 Å². The van der Waals surface area contributed by atoms with Crippen molar-refractivity contribution in [2.45, 2.75) is 25.9 Å². The maximum Gasteiger partial charge on any atom is 0.253 e. The van der Waals surface area contributed by atoms with Gasteiger partial charge in [0.1, 0.15) is 5.00 Å². The predicted molar refractivity (Wildman–Crippen MR) is 74.7 cm³/mol. The van der Waals surface area contributed by atoms with Gasteiger partial charge < -0.3 is 21.5 Å². The van der Waals surface area contributed by atoms with Crippen molar-refractivity contribution in [1.82, 2.24) is 0 Å². The lowest BCUT2D eigenvalue weighted by Gasteiger charge is -2.31. The van der Waals surface area contributed by atoms with E-state index in [4.69, 9.17) is 11.5 Å². The summed E-state index contributed by atoms with van der Waals surface area (Å²) in [6.45, 7) is 2.55. The van der Waals surface area contributed by atoms with E-state index in [0.717, 1.165) is 12.8 Å². The van der Waals surface area contributed by atoms with Crippen LogP contribution in [0.2, 0.25) is 0 Å². The number of β-amino-alcohol motifs (C(OH)–C–C–N with tert-alkyl or cyclic N) is 1. The number of nitrogens with two attached hydrogens (primary N) is 2. The van der Waals surface area contributed by atoms with Crippen molar-refractivity contribution in [2.75, 3.05) is 23.7 Å². The Morgan fingerprint density at radius 3 is 2.68 bits per heavy atom. The molecular weight excluding hydrogens is 266 g/mol. The number of anilines is 2. The summed E-state index contributed by atoms with van der Waals surface area (Å²) in [6, 6.07) is 0. The normalized spacial score (nSPS) is 19.5. The van der Waals surface area contributed by atoms with Crippen LogP contribution in [0.3, 0.4) is 0 Å². The summed E-state index contributed by atoms with van der Waals surface area (Å²) in [5, 5.41) is 10.3. The Bertz CT molecular complexity index is 527. The Hall–Kier alpha value is -1.60. The van der Waals surface area contributed by atoms with Crippen LogP contribution in [0.4, 0.5) is 10.7 Å². The van der Waals surface area contributed by atoms with E-state index in [1.165, 1.54) is 18.3 Å². The first-order chi connectivity index (χ1) is 8.91. The van der Waals surface area contributed by atoms with Gasteiger partial charge in [0.05, 0.1) is 22.2 Å². The highest BCUT2D eigenvalue weighted by atomic mass is 32.1. The highest BCUT2D eigenvalue weighted by Crippen LogP contribution is 2.39. The van der Waals surface area contributed by atoms with Crippen molar-refractivity contribution in [3.63, 3.8) is 0 Å². The van der Waals surface area contributed by atoms with Gasteiger partial charge in [-0.15, -0.1) is 11.3 Å². The Morgan fingerprint density at radius 2 is 2.16 bits per heavy atom. The molecular formula is C12H17N3O3S. The van der Waals surface area contributed by atoms with Crippen LogP contribution >= 0.6 is 11.3 Å². The zero-order chi connectivity index (χ0) is 14.2. The van der Waals surface area contributed by atoms with Crippen LogP contribution < -0.4 is 16.4 Å². The molecule has 1 aromatic rings. The van der Waals surface area contributed by atoms with Crippen LogP contribution in [-0.2, 0) is 0 Å². The Morgan fingerprint density at radius 1 is 1.47 bits per heavy atom. The van der Waals surface area contributed by atoms with E-state index >= 15 is 0 Å². The molecule has 104 valence electrons. The summed E-state index contributed by atoms with van der Waals surface area (Å²) in [5.41, 5.74) is 11.6. The Labute approximate surface area is 115 Å². The molecule has 1 aliphatic heterocycles. The quantitative estimate of drug-likeness (QED) is 0.703. The van der Waals surface area contributed by atoms with Crippen molar-refractivity contribution in [3.05, 3.63) is 10.4 Å². The molecule has 1 atom stereocenters. The van der Waals surface area contributed by atoms with E-state index < -0.39 is 12.0 Å². The first kappa shape index (κ1) is 13.8. The molecule has 1 amide bonds. The van der Waals surface area contributed by atoms with E-state index in [9.17, 15) is 14.7 Å². The highest BCUT2D eigenvalue weighted by Gasteiger charge is 2.28. The SMILES string of the molecule is CC(=O)c1sc(N2CCCC(O)C2)c(C(N)=O)c1N. The molecule has 2 rings (SSSR count). The maximum absolute atomic E-state index is 11.6. The third kappa shape index (κ3) is 2.57. The number of nitrogens with zero attached hydrogens (tertiary/aromatic N) is 1. The fourth-order valence-electron chi connectivity index (χ4n) is 2.29. The van der Waals surface area contributed by atoms with Gasteiger partial charge in [0.25, 0.3) is 5.91 Å². The lowest BCUT2D eigenvalue weighted by molar-refractivity contribution is 0.100. The van der Waals surface area contributed by atoms with Gasteiger partial charge in [-0.2, -0.15) is 0 Å². The Kier molecular flexibility index (Phi) is 3.77. The molecule has 1 aliphatic rings. The summed E-state index contributed by atoms with van der Waals surface area (Å²) in [5.74, 6) is -0.829. The van der Waals surface area contributed by atoms with Crippen molar-refractivity contribution in [2.24, 2.45) is 5.73 Å². The predicted octanol–water partition coefficient (Wildman–Crippen LogP) is 0.593. The first-order valence-electron chi connectivity index (χ1n) is 6.07. The second kappa shape index (κ2) is 5.18. The molecule has 0 bridgehead atoms. The molecule has 7 heteroatoms. The van der Waals surface area contributed by atoms with Crippen LogP contribution in [0, 0.1) is 0 Å². The lowest BCUT2D eigenvalue weighted by Crippen LogP contribution is -2.38. The number of hydrogen-bond donors (Lipinski definition) is 3. The van der Waals surface area contributed by atoms with Gasteiger partial charge in [0, 0.05) is 20.0 Å². The average Bonchev–Trinajstić information content (AvgIpc) is 2.67. The zero-order valence-electron chi connectivity index (χ0n) is 10.7. The molecule has 0 saturated carbocycles. The molecule has 0 aliphatic carbocycles. The molecule has 19 heavy (non-hydrogen) atoms. The second-order valence-electron chi connectivity index (χ2n) is 4.69. The van der Waals surface area contributed by atoms with Gasteiger partial charge in [-0.25, -0.2) is 0 Å². The van der Waals surface area contributed by atoms with Crippen LogP contribution in [0.1, 0.15) is 39.8 Å². The van der Waals surface area contributed by atoms with Crippen molar-refractivity contribution < 1.29 is 14.7 Å². The van der Waals surface area contributed by atoms with Crippen LogP contribution in [0.5, 0.6) is 0 Å². The van der Waals surface area contributed by atoms with Crippen molar-refractivity contribution in [3.8, 4) is 0 Å². The summed E-state index contributed by atoms with van der Waals surface area (Å²) < 4.78 is 0. The molecule has 2 heterocycles. The molecule has 6 nitrogen and oxygen atoms in total. The number of piperidine rings is 1. The smallest absolute Gasteiger partial charge is 0.253 e. The number of carbonyl (C=O) groups is 2. The molecule has 0 radical (unpaired) electrons. The number of nitrogen functional groups attached to an aromatic ring is 1. The van der Waals surface area contributed by atoms with Gasteiger partial charge in [-0.3, -0.25) is 9.59 Å². The average molecular weight is 283 g/mol. The number of rotatable bonds is 3. The fraction of sp³-hybridized carbons (Fsp3) is 0.500. The summed E-state index contributed by atoms with van der Waals surface area (Å²) in [4.78, 5) is 25.3. The number of aliphatic hydroxyl groups excluding tert-OH is 1. The summed E-state index contributed by atoms with van der Waals surface area (Å²) in [7, 11) is 0. The van der Waals surface area contributed by atoms with Gasteiger partial charge in [-0.1, -0.05) is 0 Å². The first-order valence-corrected chi connectivity index (χ1v) is 6.89. The molecule has 0 spiro atoms. The molecule has 1 unspecified atom stereocenters. The standard InChI is InChI=1S/C12H17N3O3S/c1-6(16)10-9(13)8(11(14)18)12(19-10)15-4-2-3-7(17)5-15/h7,17H,2-5,13H2,1H3,(H2,14,18). The topological polar surface area (TPSA) is 110 Å². The van der Waals surface area contributed by atoms with Gasteiger partial charge in [-0.05, 0) is 12.8 Å². The number of aliphatic hydroxyl groups is 1. The van der Waals surface area contributed by atoms with Crippen molar-refractivity contribution in [1.29, 1.82) is 0 Å². The second-order valence-corrected chi connectivity index (χ2v) is 5.69. The van der Waals surface area contributed by atoms with Crippen LogP contribution in [0.15, 0.2) is 0 Å². The van der Waals surface area contributed by atoms with Crippen LogP contribution in [0.25, 0.3) is 0 Å². The number of ketones is 1. The molecule has 1 saturated heterocycles. The molecule has 5 N–H and O–H groups in total. The monoisotopic (exact) mass is 283 g/mol. The molecule has 1 aromatic heterocycles. The van der Waals surface area contributed by atoms with E-state index in [1.54, 1.807) is 0 Å². The number of Topliss-reactive ketones (excluding diaryl/α,β-unsaturated/α-hetero) is 1. The number of carbonyl (C=O) groups excluding carboxylic acids is 2. The number of primary amides is 1. The minimum atomic E-state index is -0.642. The van der Waals surface area contributed by atoms with Crippen molar-refractivity contribution >= 4 is 33.7 Å². The van der Waals surface area contributed by atoms with Gasteiger partial charge in [0.2, 0.25) is 0 Å². The van der Waals surface area contributed by atoms with E-state index in [1.807, 2.05) is 4.90 Å². The molecule has 0 aromatic carbocycles. The highest BCUT2D eigenvalue weighted by molar-refractivity contribution is 7.19. The lowest BCUT2D eigenvalue weighted by atomic mass is 10.1. The van der Waals surface area contributed by atoms with E-state index in [0.29, 0.717) is 23.0 Å². The third-order valence-electron chi connectivity index (χ3n) is 3.18. The maximum atomic E-state index is 11.6. The molecule has 1 fully saturated rings. The Balaban J connectivity index is 2.46. The summed E-state index contributed by atoms with van der Waals surface area (Å²) >= 11 is 1.17. The van der Waals surface area contributed by atoms with E-state index in [-0.39, 0.29) is 17.0 Å². The minimum Gasteiger partial charge on any atom is -0.397 e. The summed E-state index contributed by atoms with van der Waals surface area (Å²) in [6.07, 6.45) is 1.13. The fourth-order valence-corrected chi connectivity index (χ4v) is 3.45. The number of hydrogen-bond acceptors (Lipinski definition) is 6. The van der Waals surface area contributed by atoms with Gasteiger partial charge in [0.15, 0.2) is 5.78 Å².